The first-order valence-electron chi connectivity index (χ1n) is 8.35. The Hall–Kier alpha value is -0.610. The highest BCUT2D eigenvalue weighted by molar-refractivity contribution is 5.73. The number of carbonyl (C=O) groups is 1. The van der Waals surface area contributed by atoms with E-state index in [4.69, 9.17) is 4.74 Å². The van der Waals surface area contributed by atoms with E-state index in [1.54, 1.807) is 0 Å². The molecule has 4 unspecified atom stereocenters. The summed E-state index contributed by atoms with van der Waals surface area (Å²) < 4.78 is 5.57. The van der Waals surface area contributed by atoms with Gasteiger partial charge in [0.2, 0.25) is 0 Å². The molecule has 0 amide bonds. The minimum Gasteiger partial charge on any atom is -0.480 e. The number of rotatable bonds is 2. The van der Waals surface area contributed by atoms with Gasteiger partial charge in [-0.2, -0.15) is 0 Å². The summed E-state index contributed by atoms with van der Waals surface area (Å²) in [7, 11) is 0. The van der Waals surface area contributed by atoms with E-state index in [0.717, 1.165) is 51.2 Å². The van der Waals surface area contributed by atoms with E-state index in [9.17, 15) is 9.90 Å². The molecule has 4 atom stereocenters. The number of carboxylic acid groups (broad SMARTS) is 1. The zero-order valence-electron chi connectivity index (χ0n) is 12.3. The molecule has 4 nitrogen and oxygen atoms in total. The lowest BCUT2D eigenvalue weighted by atomic mass is 9.75. The molecule has 3 rings (SSSR count). The second-order valence-corrected chi connectivity index (χ2v) is 6.69. The number of likely N-dealkylation sites (tertiary alicyclic amines) is 1. The maximum atomic E-state index is 11.7. The van der Waals surface area contributed by atoms with Crippen LogP contribution in [-0.4, -0.2) is 47.3 Å². The Bertz CT molecular complexity index is 339. The van der Waals surface area contributed by atoms with Crippen LogP contribution < -0.4 is 0 Å². The summed E-state index contributed by atoms with van der Waals surface area (Å²) in [5.41, 5.74) is 0. The van der Waals surface area contributed by atoms with Crippen LogP contribution in [0.1, 0.15) is 57.8 Å². The third kappa shape index (κ3) is 2.86. The maximum Gasteiger partial charge on any atom is 0.320 e. The fourth-order valence-corrected chi connectivity index (χ4v) is 4.63. The molecule has 1 N–H and O–H groups in total. The molecule has 3 aliphatic rings. The average Bonchev–Trinajstić information content (AvgIpc) is 2.74. The maximum absolute atomic E-state index is 11.7. The van der Waals surface area contributed by atoms with Crippen molar-refractivity contribution in [1.29, 1.82) is 0 Å². The minimum absolute atomic E-state index is 0.252. The predicted molar refractivity (Wildman–Crippen MR) is 76.7 cm³/mol. The Labute approximate surface area is 121 Å². The molecule has 20 heavy (non-hydrogen) atoms. The number of hydrogen-bond donors (Lipinski definition) is 1. The van der Waals surface area contributed by atoms with Gasteiger partial charge in [0.1, 0.15) is 6.04 Å². The van der Waals surface area contributed by atoms with Gasteiger partial charge in [-0.15, -0.1) is 0 Å². The van der Waals surface area contributed by atoms with Crippen molar-refractivity contribution in [3.05, 3.63) is 0 Å². The van der Waals surface area contributed by atoms with Crippen LogP contribution in [0.5, 0.6) is 0 Å². The molecule has 4 heteroatoms. The van der Waals surface area contributed by atoms with Crippen LogP contribution >= 0.6 is 0 Å². The number of piperidine rings is 1. The number of nitrogens with zero attached hydrogens (tertiary/aromatic N) is 1. The zero-order valence-corrected chi connectivity index (χ0v) is 12.3. The third-order valence-corrected chi connectivity index (χ3v) is 5.55. The molecule has 0 spiro atoms. The first kappa shape index (κ1) is 14.3. The summed E-state index contributed by atoms with van der Waals surface area (Å²) in [6.07, 6.45) is 10.2. The fraction of sp³-hybridized carbons (Fsp3) is 0.938. The van der Waals surface area contributed by atoms with Crippen LogP contribution in [0.25, 0.3) is 0 Å². The van der Waals surface area contributed by atoms with Crippen LogP contribution in [0.15, 0.2) is 0 Å². The normalized spacial score (nSPS) is 39.8. The van der Waals surface area contributed by atoms with Gasteiger partial charge in [-0.3, -0.25) is 9.69 Å². The van der Waals surface area contributed by atoms with Crippen LogP contribution in [0.2, 0.25) is 0 Å². The van der Waals surface area contributed by atoms with E-state index < -0.39 is 5.97 Å². The highest BCUT2D eigenvalue weighted by atomic mass is 16.5. The minimum atomic E-state index is -0.612. The topological polar surface area (TPSA) is 49.8 Å². The molecule has 0 bridgehead atoms. The van der Waals surface area contributed by atoms with Crippen molar-refractivity contribution >= 4 is 5.97 Å². The number of aliphatic carboxylic acids is 1. The number of ether oxygens (including phenoxy) is 1. The van der Waals surface area contributed by atoms with Crippen LogP contribution in [0.4, 0.5) is 0 Å². The van der Waals surface area contributed by atoms with Gasteiger partial charge >= 0.3 is 5.97 Å². The molecule has 1 saturated carbocycles. The lowest BCUT2D eigenvalue weighted by molar-refractivity contribution is -0.150. The summed E-state index contributed by atoms with van der Waals surface area (Å²) >= 11 is 0. The second kappa shape index (κ2) is 6.44. The van der Waals surface area contributed by atoms with E-state index >= 15 is 0 Å². The largest absolute Gasteiger partial charge is 0.480 e. The lowest BCUT2D eigenvalue weighted by Crippen LogP contribution is -2.59. The smallest absolute Gasteiger partial charge is 0.320 e. The van der Waals surface area contributed by atoms with Gasteiger partial charge in [-0.05, 0) is 50.9 Å². The molecule has 1 aliphatic carbocycles. The number of carboxylic acids is 1. The first-order chi connectivity index (χ1) is 9.77. The third-order valence-electron chi connectivity index (χ3n) is 5.55. The summed E-state index contributed by atoms with van der Waals surface area (Å²) in [4.78, 5) is 14.1. The van der Waals surface area contributed by atoms with Crippen molar-refractivity contribution in [3.63, 3.8) is 0 Å². The molecular formula is C16H27NO3. The summed E-state index contributed by atoms with van der Waals surface area (Å²) in [6.45, 7) is 1.64. The fourth-order valence-electron chi connectivity index (χ4n) is 4.63. The van der Waals surface area contributed by atoms with Crippen LogP contribution in [-0.2, 0) is 9.53 Å². The molecule has 114 valence electrons. The molecule has 3 fully saturated rings. The Morgan fingerprint density at radius 3 is 2.65 bits per heavy atom. The van der Waals surface area contributed by atoms with Gasteiger partial charge in [0, 0.05) is 25.3 Å². The van der Waals surface area contributed by atoms with Crippen LogP contribution in [0, 0.1) is 5.92 Å². The quantitative estimate of drug-likeness (QED) is 0.845. The van der Waals surface area contributed by atoms with Crippen molar-refractivity contribution < 1.29 is 14.6 Å². The highest BCUT2D eigenvalue weighted by Crippen LogP contribution is 2.40. The zero-order chi connectivity index (χ0) is 13.9. The second-order valence-electron chi connectivity index (χ2n) is 6.69. The van der Waals surface area contributed by atoms with Crippen molar-refractivity contribution in [3.8, 4) is 0 Å². The van der Waals surface area contributed by atoms with Crippen molar-refractivity contribution in [1.82, 2.24) is 4.90 Å². The molecule has 2 aliphatic heterocycles. The van der Waals surface area contributed by atoms with E-state index in [1.165, 1.54) is 25.7 Å². The molecule has 0 aromatic rings. The molecular weight excluding hydrogens is 254 g/mol. The number of hydrogen-bond acceptors (Lipinski definition) is 3. The molecule has 0 radical (unpaired) electrons. The van der Waals surface area contributed by atoms with Crippen LogP contribution in [0.3, 0.4) is 0 Å². The van der Waals surface area contributed by atoms with Gasteiger partial charge < -0.3 is 9.84 Å². The summed E-state index contributed by atoms with van der Waals surface area (Å²) in [6, 6.07) is 0.684. The molecule has 2 saturated heterocycles. The van der Waals surface area contributed by atoms with Gasteiger partial charge in [0.25, 0.3) is 0 Å². The van der Waals surface area contributed by atoms with Crippen molar-refractivity contribution in [2.45, 2.75) is 75.9 Å². The monoisotopic (exact) mass is 281 g/mol. The van der Waals surface area contributed by atoms with E-state index in [1.807, 2.05) is 0 Å². The van der Waals surface area contributed by atoms with E-state index in [0.29, 0.717) is 12.1 Å². The van der Waals surface area contributed by atoms with Gasteiger partial charge in [-0.1, -0.05) is 12.8 Å². The van der Waals surface area contributed by atoms with Gasteiger partial charge in [0.15, 0.2) is 0 Å². The summed E-state index contributed by atoms with van der Waals surface area (Å²) in [5, 5.41) is 9.63. The Morgan fingerprint density at radius 1 is 0.950 bits per heavy atom. The van der Waals surface area contributed by atoms with E-state index in [-0.39, 0.29) is 6.04 Å². The lowest BCUT2D eigenvalue weighted by Gasteiger charge is -2.50. The van der Waals surface area contributed by atoms with Gasteiger partial charge in [-0.25, -0.2) is 0 Å². The molecule has 0 aromatic carbocycles. The summed E-state index contributed by atoms with van der Waals surface area (Å²) in [5.74, 6) is 0.128. The average molecular weight is 281 g/mol. The predicted octanol–water partition coefficient (Wildman–Crippen LogP) is 2.66. The highest BCUT2D eigenvalue weighted by Gasteiger charge is 2.44. The Kier molecular flexibility index (Phi) is 4.61. The first-order valence-corrected chi connectivity index (χ1v) is 8.35. The van der Waals surface area contributed by atoms with E-state index in [2.05, 4.69) is 4.90 Å². The standard InChI is InChI=1S/C16H27NO3/c18-16(19)15-8-7-12-4-1-2-6-14(12)17(15)13-5-3-10-20-11-9-13/h12-15H,1-11H2,(H,18,19). The Balaban J connectivity index is 1.80. The van der Waals surface area contributed by atoms with Crippen molar-refractivity contribution in [2.24, 2.45) is 5.92 Å². The SMILES string of the molecule is O=C(O)C1CCC2CCCCC2N1C1CCCOCC1. The molecule has 0 aromatic heterocycles. The van der Waals surface area contributed by atoms with Crippen molar-refractivity contribution in [2.75, 3.05) is 13.2 Å². The van der Waals surface area contributed by atoms with Gasteiger partial charge in [0.05, 0.1) is 0 Å². The Morgan fingerprint density at radius 2 is 1.80 bits per heavy atom. The number of fused-ring (bicyclic) bond motifs is 1. The molecule has 2 heterocycles.